The number of rotatable bonds is 12. The molecule has 45 heavy (non-hydrogen) atoms. The molecule has 4 N–H and O–H groups in total. The molecule has 0 saturated carbocycles. The largest absolute Gasteiger partial charge is 0.527 e. The Labute approximate surface area is 283 Å². The van der Waals surface area contributed by atoms with Crippen molar-refractivity contribution in [1.29, 1.82) is 0 Å². The molecule has 0 aliphatic carbocycles. The summed E-state index contributed by atoms with van der Waals surface area (Å²) in [6, 6.07) is 8.89. The minimum absolute atomic E-state index is 0.0449. The average molecular weight is 766 g/mol. The normalized spacial score (nSPS) is 42.2. The minimum atomic E-state index is -1.45. The number of nitrogens with one attached hydrogen (secondary N) is 1. The molecule has 3 heterocycles. The summed E-state index contributed by atoms with van der Waals surface area (Å²) in [6.45, 7) is 12.1. The molecule has 0 aromatic heterocycles. The van der Waals surface area contributed by atoms with Crippen molar-refractivity contribution in [3.05, 3.63) is 35.9 Å². The zero-order chi connectivity index (χ0) is 32.8. The fourth-order valence-corrected chi connectivity index (χ4v) is 7.72. The molecule has 4 rings (SSSR count). The van der Waals surface area contributed by atoms with Gasteiger partial charge in [0.2, 0.25) is 5.91 Å². The Morgan fingerprint density at radius 1 is 0.867 bits per heavy atom. The molecule has 3 aliphatic rings. The van der Waals surface area contributed by atoms with Gasteiger partial charge in [0.25, 0.3) is 0 Å². The van der Waals surface area contributed by atoms with Gasteiger partial charge in [-0.05, 0) is 24.3 Å². The quantitative estimate of drug-likeness (QED) is 0.182. The standard InChI is InChI=1S/C31H48NO11.Al.HI.H/c1-15-16(2)23(14-38-13-21-10-8-7-9-11-21)41-30(17(15)3)42-27-18(4)19(5)39-29(37)28(27)43-31-24(32-20(6)34)26(36)25(35)22(12-33)40-31;;;/h7-11,15-19,22-31,33,35-36H,12-14H2,1-6H3,(H,32,34);;1H;/q-1;+2;;/p-1/t15?,16-,17?,18-,19?,22?,23-,24?,25+,26+,27-,28?,29+,30+,31-;;;/m0.../s1. The SMILES string of the molecule is CC(=O)NC1[C@H](OC2[C@H]([O][AlH][I])OC(C)[C@H](C)[C@@H]2O[C@H]2O[C@@H](COCc3ccccc3)[C@@H](C)C(C)C2C)OC(CO)[C@@H](O)[C@@H]1O. The van der Waals surface area contributed by atoms with E-state index in [1.165, 1.54) is 6.92 Å². The van der Waals surface area contributed by atoms with Crippen molar-refractivity contribution >= 4 is 38.5 Å². The first-order chi connectivity index (χ1) is 21.5. The van der Waals surface area contributed by atoms with Crippen LogP contribution >= 0.6 is 20.3 Å². The maximum atomic E-state index is 12.1. The first-order valence-corrected chi connectivity index (χ1v) is 21.5. The first-order valence-electron chi connectivity index (χ1n) is 15.8. The molecule has 15 atom stereocenters. The summed E-state index contributed by atoms with van der Waals surface area (Å²) in [5.41, 5.74) is 1.09. The summed E-state index contributed by atoms with van der Waals surface area (Å²) in [7, 11) is 0. The van der Waals surface area contributed by atoms with Gasteiger partial charge in [0.1, 0.15) is 30.5 Å². The van der Waals surface area contributed by atoms with Gasteiger partial charge >= 0.3 is 12.3 Å². The van der Waals surface area contributed by atoms with Crippen molar-refractivity contribution in [2.75, 3.05) is 13.2 Å². The molecule has 1 amide bonds. The van der Waals surface area contributed by atoms with E-state index in [4.69, 9.17) is 32.2 Å². The first kappa shape index (κ1) is 37.4. The van der Waals surface area contributed by atoms with Crippen molar-refractivity contribution < 1.29 is 52.3 Å². The number of aliphatic hydroxyl groups excluding tert-OH is 3. The Bertz CT molecular complexity index is 1060. The summed E-state index contributed by atoms with van der Waals surface area (Å²) in [4.78, 5) is 12.1. The maximum absolute atomic E-state index is 12.1. The smallest absolute Gasteiger partial charge is 0.470 e. The number of carbonyl (C=O) groups is 1. The molecule has 0 radical (unpaired) electrons. The zero-order valence-electron chi connectivity index (χ0n) is 26.9. The lowest BCUT2D eigenvalue weighted by Crippen LogP contribution is -2.67. The van der Waals surface area contributed by atoms with Gasteiger partial charge in [-0.2, -0.15) is 20.3 Å². The van der Waals surface area contributed by atoms with Crippen LogP contribution in [0.3, 0.4) is 0 Å². The molecule has 0 bridgehead atoms. The van der Waals surface area contributed by atoms with Crippen LogP contribution < -0.4 is 5.32 Å². The van der Waals surface area contributed by atoms with Gasteiger partial charge in [-0.25, -0.2) is 0 Å². The number of benzene rings is 1. The number of aliphatic hydroxyl groups is 3. The van der Waals surface area contributed by atoms with Crippen LogP contribution in [0.1, 0.15) is 47.1 Å². The Morgan fingerprint density at radius 3 is 2.18 bits per heavy atom. The number of carbonyl (C=O) groups excluding carboxylic acids is 1. The molecule has 14 heteroatoms. The third-order valence-electron chi connectivity index (χ3n) is 9.64. The lowest BCUT2D eigenvalue weighted by Gasteiger charge is -2.51. The number of hydrogen-bond donors (Lipinski definition) is 4. The van der Waals surface area contributed by atoms with Crippen molar-refractivity contribution in [2.24, 2.45) is 23.7 Å². The summed E-state index contributed by atoms with van der Waals surface area (Å²) in [5, 5.41) is 33.9. The molecule has 6 unspecified atom stereocenters. The van der Waals surface area contributed by atoms with Gasteiger partial charge in [-0.1, -0.05) is 58.0 Å². The highest BCUT2D eigenvalue weighted by molar-refractivity contribution is 14.1. The number of amides is 1. The Balaban J connectivity index is 1.56. The molecule has 12 nitrogen and oxygen atoms in total. The Morgan fingerprint density at radius 2 is 1.53 bits per heavy atom. The lowest BCUT2D eigenvalue weighted by atomic mass is 9.79. The molecule has 0 spiro atoms. The molecule has 254 valence electrons. The van der Waals surface area contributed by atoms with Crippen molar-refractivity contribution in [2.45, 2.75) is 116 Å². The van der Waals surface area contributed by atoms with E-state index in [0.717, 1.165) is 5.56 Å². The Kier molecular flexibility index (Phi) is 14.4. The summed E-state index contributed by atoms with van der Waals surface area (Å²) >= 11 is 1.21. The van der Waals surface area contributed by atoms with Crippen molar-refractivity contribution in [1.82, 2.24) is 5.32 Å². The van der Waals surface area contributed by atoms with Crippen LogP contribution in [0.2, 0.25) is 0 Å². The number of ether oxygens (including phenoxy) is 6. The monoisotopic (exact) mass is 765 g/mol. The second-order valence-electron chi connectivity index (χ2n) is 12.6. The Hall–Kier alpha value is -0.448. The van der Waals surface area contributed by atoms with Gasteiger partial charge < -0.3 is 52.8 Å². The minimum Gasteiger partial charge on any atom is -0.470 e. The van der Waals surface area contributed by atoms with Crippen LogP contribution in [-0.2, 0) is 43.6 Å². The van der Waals surface area contributed by atoms with Gasteiger partial charge in [0, 0.05) is 18.8 Å². The highest BCUT2D eigenvalue weighted by atomic mass is 127. The maximum Gasteiger partial charge on any atom is 0.527 e. The fourth-order valence-electron chi connectivity index (χ4n) is 6.27. The second-order valence-corrected chi connectivity index (χ2v) is 15.0. The number of hydrogen-bond acceptors (Lipinski definition) is 11. The molecule has 3 saturated heterocycles. The van der Waals surface area contributed by atoms with E-state index in [1.807, 2.05) is 44.2 Å². The van der Waals surface area contributed by atoms with Gasteiger partial charge in [0.15, 0.2) is 18.9 Å². The summed E-state index contributed by atoms with van der Waals surface area (Å²) < 4.78 is 44.3. The van der Waals surface area contributed by atoms with E-state index < -0.39 is 80.2 Å². The van der Waals surface area contributed by atoms with Gasteiger partial charge in [-0.3, -0.25) is 4.79 Å². The summed E-state index contributed by atoms with van der Waals surface area (Å²) in [6.07, 6.45) is -8.54. The van der Waals surface area contributed by atoms with Crippen molar-refractivity contribution in [3.63, 3.8) is 0 Å². The van der Waals surface area contributed by atoms with E-state index in [2.05, 4.69) is 46.4 Å². The third-order valence-corrected chi connectivity index (χ3v) is 11.2. The van der Waals surface area contributed by atoms with Crippen LogP contribution in [0, 0.1) is 23.7 Å². The van der Waals surface area contributed by atoms with Gasteiger partial charge in [0.05, 0.1) is 38.1 Å². The predicted molar refractivity (Wildman–Crippen MR) is 173 cm³/mol. The summed E-state index contributed by atoms with van der Waals surface area (Å²) in [5.74, 6) is -0.0738. The topological polar surface area (TPSA) is 154 Å². The van der Waals surface area contributed by atoms with Gasteiger partial charge in [-0.15, -0.1) is 0 Å². The zero-order valence-corrected chi connectivity index (χ0v) is 30.4. The molecular formula is C31H49AlINO11. The highest BCUT2D eigenvalue weighted by Gasteiger charge is 2.52. The highest BCUT2D eigenvalue weighted by Crippen LogP contribution is 2.40. The molecule has 1 aromatic carbocycles. The van der Waals surface area contributed by atoms with E-state index >= 15 is 0 Å². The second kappa shape index (κ2) is 17.3. The van der Waals surface area contributed by atoms with E-state index in [1.54, 1.807) is 0 Å². The third kappa shape index (κ3) is 9.17. The molecule has 1 aromatic rings. The van der Waals surface area contributed by atoms with E-state index in [-0.39, 0.29) is 35.9 Å². The molecule has 3 fully saturated rings. The van der Waals surface area contributed by atoms with E-state index in [0.29, 0.717) is 13.2 Å². The van der Waals surface area contributed by atoms with Crippen LogP contribution in [-0.4, -0.2) is 114 Å². The predicted octanol–water partition coefficient (Wildman–Crippen LogP) is 1.65. The van der Waals surface area contributed by atoms with Crippen LogP contribution in [0.25, 0.3) is 0 Å². The molecule has 3 aliphatic heterocycles. The van der Waals surface area contributed by atoms with Crippen LogP contribution in [0.4, 0.5) is 0 Å². The number of halogens is 1. The van der Waals surface area contributed by atoms with E-state index in [9.17, 15) is 20.1 Å². The molecular weight excluding hydrogens is 716 g/mol. The van der Waals surface area contributed by atoms with Crippen molar-refractivity contribution in [3.8, 4) is 0 Å². The average Bonchev–Trinajstić information content (AvgIpc) is 3.02. The lowest BCUT2D eigenvalue weighted by molar-refractivity contribution is -0.361. The fraction of sp³-hybridized carbons (Fsp3) is 0.774. The van der Waals surface area contributed by atoms with Crippen LogP contribution in [0.5, 0.6) is 0 Å². The van der Waals surface area contributed by atoms with Crippen LogP contribution in [0.15, 0.2) is 30.3 Å².